The fourth-order valence-corrected chi connectivity index (χ4v) is 4.49. The molecule has 0 radical (unpaired) electrons. The molecule has 0 saturated heterocycles. The number of fused-ring (bicyclic) bond motifs is 1. The summed E-state index contributed by atoms with van der Waals surface area (Å²) in [7, 11) is -7.15. The van der Waals surface area contributed by atoms with Crippen LogP contribution in [0.3, 0.4) is 0 Å². The maximum atomic E-state index is 12.4. The summed E-state index contributed by atoms with van der Waals surface area (Å²) < 4.78 is 51.9. The van der Waals surface area contributed by atoms with E-state index in [1.807, 2.05) is 6.92 Å². The first-order valence-electron chi connectivity index (χ1n) is 8.01. The van der Waals surface area contributed by atoms with E-state index in [0.717, 1.165) is 12.7 Å². The average molecular weight is 389 g/mol. The van der Waals surface area contributed by atoms with Crippen LogP contribution in [0.5, 0.6) is 0 Å². The molecule has 1 aliphatic heterocycles. The second-order valence-corrected chi connectivity index (χ2v) is 9.71. The molecule has 25 heavy (non-hydrogen) atoms. The van der Waals surface area contributed by atoms with E-state index in [1.54, 1.807) is 6.07 Å². The molecule has 1 aliphatic rings. The Morgan fingerprint density at radius 3 is 2.56 bits per heavy atom. The minimum absolute atomic E-state index is 0.0205. The third-order valence-electron chi connectivity index (χ3n) is 3.90. The van der Waals surface area contributed by atoms with Crippen molar-refractivity contribution >= 4 is 31.6 Å². The number of nitrogens with zero attached hydrogens (tertiary/aromatic N) is 1. The maximum Gasteiger partial charge on any atom is 0.240 e. The molecular formula is C15H23N3O5S2. The molecule has 1 aromatic rings. The van der Waals surface area contributed by atoms with E-state index in [2.05, 4.69) is 10.0 Å². The van der Waals surface area contributed by atoms with Gasteiger partial charge in [-0.1, -0.05) is 13.3 Å². The van der Waals surface area contributed by atoms with Crippen molar-refractivity contribution < 1.29 is 21.6 Å². The van der Waals surface area contributed by atoms with Gasteiger partial charge in [-0.3, -0.25) is 4.79 Å². The predicted octanol–water partition coefficient (Wildman–Crippen LogP) is 0.521. The molecule has 0 aliphatic carbocycles. The molecule has 1 heterocycles. The number of hydrogen-bond acceptors (Lipinski definition) is 5. The van der Waals surface area contributed by atoms with Crippen molar-refractivity contribution in [2.24, 2.45) is 0 Å². The Bertz CT molecular complexity index is 850. The molecule has 0 spiro atoms. The van der Waals surface area contributed by atoms with Crippen LogP contribution in [0.15, 0.2) is 23.1 Å². The van der Waals surface area contributed by atoms with Gasteiger partial charge in [-0.2, -0.15) is 0 Å². The fourth-order valence-electron chi connectivity index (χ4n) is 2.54. The zero-order valence-electron chi connectivity index (χ0n) is 14.3. The van der Waals surface area contributed by atoms with Crippen molar-refractivity contribution in [3.8, 4) is 0 Å². The van der Waals surface area contributed by atoms with Crippen LogP contribution >= 0.6 is 0 Å². The van der Waals surface area contributed by atoms with Crippen LogP contribution < -0.4 is 10.0 Å². The number of hydrogen-bond donors (Lipinski definition) is 2. The minimum Gasteiger partial charge on any atom is -0.326 e. The van der Waals surface area contributed by atoms with E-state index in [-0.39, 0.29) is 30.3 Å². The van der Waals surface area contributed by atoms with E-state index in [1.165, 1.54) is 16.4 Å². The van der Waals surface area contributed by atoms with E-state index in [4.69, 9.17) is 0 Å². The zero-order valence-corrected chi connectivity index (χ0v) is 15.9. The molecule has 0 aromatic heterocycles. The van der Waals surface area contributed by atoms with Gasteiger partial charge in [0.05, 0.1) is 17.6 Å². The quantitative estimate of drug-likeness (QED) is 0.639. The Morgan fingerprint density at radius 1 is 1.20 bits per heavy atom. The molecular weight excluding hydrogens is 366 g/mol. The van der Waals surface area contributed by atoms with Gasteiger partial charge < -0.3 is 5.32 Å². The van der Waals surface area contributed by atoms with Crippen LogP contribution in [0.25, 0.3) is 0 Å². The summed E-state index contributed by atoms with van der Waals surface area (Å²) in [5.74, 6) is -0.169. The SMILES string of the molecule is CCCCN(CCNS(=O)(=O)c1ccc2c(c1)CC(=O)N2)S(C)(=O)=O. The molecule has 0 saturated carbocycles. The Labute approximate surface area is 148 Å². The summed E-state index contributed by atoms with van der Waals surface area (Å²) >= 11 is 0. The summed E-state index contributed by atoms with van der Waals surface area (Å²) in [6, 6.07) is 4.43. The van der Waals surface area contributed by atoms with E-state index >= 15 is 0 Å². The summed E-state index contributed by atoms with van der Waals surface area (Å²) in [4.78, 5) is 11.4. The molecule has 0 atom stereocenters. The smallest absolute Gasteiger partial charge is 0.240 e. The third kappa shape index (κ3) is 5.24. The molecule has 0 unspecified atom stereocenters. The summed E-state index contributed by atoms with van der Waals surface area (Å²) in [6.07, 6.45) is 2.82. The molecule has 10 heteroatoms. The average Bonchev–Trinajstić information content (AvgIpc) is 2.88. The number of rotatable bonds is 9. The molecule has 1 aromatic carbocycles. The lowest BCUT2D eigenvalue weighted by molar-refractivity contribution is -0.115. The van der Waals surface area contributed by atoms with Crippen molar-refractivity contribution in [1.29, 1.82) is 0 Å². The first-order chi connectivity index (χ1) is 11.6. The Balaban J connectivity index is 2.02. The van der Waals surface area contributed by atoms with Crippen LogP contribution in [0, 0.1) is 0 Å². The van der Waals surface area contributed by atoms with Crippen molar-refractivity contribution in [1.82, 2.24) is 9.03 Å². The van der Waals surface area contributed by atoms with Gasteiger partial charge in [0.15, 0.2) is 0 Å². The highest BCUT2D eigenvalue weighted by Gasteiger charge is 2.22. The van der Waals surface area contributed by atoms with Crippen molar-refractivity contribution in [3.63, 3.8) is 0 Å². The summed E-state index contributed by atoms with van der Waals surface area (Å²) in [6.45, 7) is 2.37. The Morgan fingerprint density at radius 2 is 1.92 bits per heavy atom. The van der Waals surface area contributed by atoms with Crippen LogP contribution in [0.4, 0.5) is 5.69 Å². The molecule has 8 nitrogen and oxygen atoms in total. The van der Waals surface area contributed by atoms with Gasteiger partial charge >= 0.3 is 0 Å². The van der Waals surface area contributed by atoms with Crippen molar-refractivity contribution in [2.75, 3.05) is 31.2 Å². The number of benzene rings is 1. The first kappa shape index (κ1) is 19.8. The second-order valence-electron chi connectivity index (χ2n) is 5.96. The highest BCUT2D eigenvalue weighted by atomic mass is 32.2. The molecule has 2 rings (SSSR count). The molecule has 140 valence electrons. The summed E-state index contributed by atoms with van der Waals surface area (Å²) in [5, 5.41) is 2.64. The fraction of sp³-hybridized carbons (Fsp3) is 0.533. The third-order valence-corrected chi connectivity index (χ3v) is 6.66. The largest absolute Gasteiger partial charge is 0.326 e. The normalized spacial score (nSPS) is 14.6. The summed E-state index contributed by atoms with van der Waals surface area (Å²) in [5.41, 5.74) is 1.25. The standard InChI is InChI=1S/C15H23N3O5S2/c1-3-4-8-18(24(2,20)21)9-7-16-25(22,23)13-5-6-14-12(10-13)11-15(19)17-14/h5-6,10,16H,3-4,7-9,11H2,1-2H3,(H,17,19). The Hall–Kier alpha value is -1.49. The maximum absolute atomic E-state index is 12.4. The zero-order chi connectivity index (χ0) is 18.7. The molecule has 0 fully saturated rings. The van der Waals surface area contributed by atoms with Gasteiger partial charge in [0.2, 0.25) is 26.0 Å². The van der Waals surface area contributed by atoms with Gasteiger partial charge in [-0.05, 0) is 30.2 Å². The second kappa shape index (κ2) is 7.81. The minimum atomic E-state index is -3.77. The number of anilines is 1. The topological polar surface area (TPSA) is 113 Å². The number of amides is 1. The lowest BCUT2D eigenvalue weighted by atomic mass is 10.2. The lowest BCUT2D eigenvalue weighted by Gasteiger charge is -2.19. The number of carbonyl (C=O) groups excluding carboxylic acids is 1. The van der Waals surface area contributed by atoms with Gasteiger partial charge in [-0.25, -0.2) is 25.9 Å². The highest BCUT2D eigenvalue weighted by Crippen LogP contribution is 2.25. The van der Waals surface area contributed by atoms with E-state index < -0.39 is 20.0 Å². The van der Waals surface area contributed by atoms with Crippen molar-refractivity contribution in [3.05, 3.63) is 23.8 Å². The van der Waals surface area contributed by atoms with E-state index in [9.17, 15) is 21.6 Å². The lowest BCUT2D eigenvalue weighted by Crippen LogP contribution is -2.38. The number of unbranched alkanes of at least 4 members (excludes halogenated alkanes) is 1. The van der Waals surface area contributed by atoms with Crippen molar-refractivity contribution in [2.45, 2.75) is 31.1 Å². The van der Waals surface area contributed by atoms with Gasteiger partial charge in [0, 0.05) is 25.3 Å². The molecule has 1 amide bonds. The highest BCUT2D eigenvalue weighted by molar-refractivity contribution is 7.89. The van der Waals surface area contributed by atoms with Gasteiger partial charge in [-0.15, -0.1) is 0 Å². The number of sulfonamides is 2. The monoisotopic (exact) mass is 389 g/mol. The van der Waals surface area contributed by atoms with Crippen LogP contribution in [-0.2, 0) is 31.3 Å². The van der Waals surface area contributed by atoms with E-state index in [0.29, 0.717) is 24.2 Å². The van der Waals surface area contributed by atoms with Crippen LogP contribution in [0.2, 0.25) is 0 Å². The van der Waals surface area contributed by atoms with Crippen LogP contribution in [0.1, 0.15) is 25.3 Å². The van der Waals surface area contributed by atoms with Gasteiger partial charge in [0.25, 0.3) is 0 Å². The first-order valence-corrected chi connectivity index (χ1v) is 11.3. The number of nitrogens with one attached hydrogen (secondary N) is 2. The van der Waals surface area contributed by atoms with Crippen LogP contribution in [-0.4, -0.2) is 52.9 Å². The number of carbonyl (C=O) groups is 1. The Kier molecular flexibility index (Phi) is 6.20. The van der Waals surface area contributed by atoms with Gasteiger partial charge in [0.1, 0.15) is 0 Å². The molecule has 0 bridgehead atoms. The molecule has 2 N–H and O–H groups in total. The predicted molar refractivity (Wildman–Crippen MR) is 95.3 cm³/mol.